The molecule has 3 rings (SSSR count). The number of para-hydroxylation sites is 2. The van der Waals surface area contributed by atoms with Crippen LogP contribution in [0.3, 0.4) is 0 Å². The van der Waals surface area contributed by atoms with Crippen molar-refractivity contribution in [2.75, 3.05) is 7.11 Å². The lowest BCUT2D eigenvalue weighted by Crippen LogP contribution is -2.18. The Morgan fingerprint density at radius 1 is 1.04 bits per heavy atom. The maximum atomic E-state index is 12.3. The van der Waals surface area contributed by atoms with Crippen molar-refractivity contribution in [2.24, 2.45) is 5.10 Å². The van der Waals surface area contributed by atoms with Crippen LogP contribution in [0, 0.1) is 6.92 Å². The van der Waals surface area contributed by atoms with Gasteiger partial charge in [-0.25, -0.2) is 5.43 Å². The standard InChI is InChI=1S/C20H19N3O2/c1-15-12-13-17(23(15)16-8-4-3-5-9-16)14-21-22-20(24)18-10-6-7-11-19(18)25-2/h3-14H,1-2H3,(H,22,24)/b21-14+. The normalized spacial score (nSPS) is 10.8. The Morgan fingerprint density at radius 3 is 2.52 bits per heavy atom. The number of benzene rings is 2. The molecule has 1 aromatic heterocycles. The van der Waals surface area contributed by atoms with E-state index in [4.69, 9.17) is 4.74 Å². The molecule has 0 bridgehead atoms. The molecule has 0 saturated heterocycles. The molecule has 1 amide bonds. The number of hydrogen-bond donors (Lipinski definition) is 1. The molecular weight excluding hydrogens is 314 g/mol. The molecule has 0 aliphatic rings. The minimum Gasteiger partial charge on any atom is -0.496 e. The molecule has 1 N–H and O–H groups in total. The van der Waals surface area contributed by atoms with E-state index in [9.17, 15) is 4.79 Å². The van der Waals surface area contributed by atoms with Gasteiger partial charge in [-0.3, -0.25) is 4.79 Å². The third-order valence-electron chi connectivity index (χ3n) is 3.84. The number of rotatable bonds is 5. The van der Waals surface area contributed by atoms with Crippen LogP contribution in [0.1, 0.15) is 21.7 Å². The lowest BCUT2D eigenvalue weighted by Gasteiger charge is -2.09. The van der Waals surface area contributed by atoms with E-state index in [2.05, 4.69) is 15.1 Å². The molecule has 0 aliphatic heterocycles. The first-order valence-electron chi connectivity index (χ1n) is 7.91. The van der Waals surface area contributed by atoms with E-state index in [0.29, 0.717) is 11.3 Å². The molecule has 0 aliphatic carbocycles. The van der Waals surface area contributed by atoms with Gasteiger partial charge in [-0.1, -0.05) is 30.3 Å². The second-order valence-electron chi connectivity index (χ2n) is 5.47. The average molecular weight is 333 g/mol. The summed E-state index contributed by atoms with van der Waals surface area (Å²) in [5.74, 6) is 0.196. The van der Waals surface area contributed by atoms with Crippen LogP contribution < -0.4 is 10.2 Å². The van der Waals surface area contributed by atoms with Gasteiger partial charge in [0, 0.05) is 11.4 Å². The molecule has 2 aromatic carbocycles. The van der Waals surface area contributed by atoms with E-state index in [1.807, 2.05) is 55.5 Å². The zero-order valence-corrected chi connectivity index (χ0v) is 14.1. The minimum atomic E-state index is -0.316. The van der Waals surface area contributed by atoms with Crippen molar-refractivity contribution >= 4 is 12.1 Å². The van der Waals surface area contributed by atoms with Gasteiger partial charge in [0.25, 0.3) is 5.91 Å². The summed E-state index contributed by atoms with van der Waals surface area (Å²) in [6.45, 7) is 2.03. The van der Waals surface area contributed by atoms with E-state index in [1.54, 1.807) is 24.4 Å². The highest BCUT2D eigenvalue weighted by Gasteiger charge is 2.10. The molecule has 5 heteroatoms. The van der Waals surface area contributed by atoms with Crippen LogP contribution in [0.2, 0.25) is 0 Å². The number of hydrazone groups is 1. The second kappa shape index (κ2) is 7.49. The molecule has 5 nitrogen and oxygen atoms in total. The Hall–Kier alpha value is -3.34. The predicted molar refractivity (Wildman–Crippen MR) is 98.6 cm³/mol. The number of ether oxygens (including phenoxy) is 1. The lowest BCUT2D eigenvalue weighted by atomic mass is 10.2. The van der Waals surface area contributed by atoms with Gasteiger partial charge in [0.15, 0.2) is 0 Å². The van der Waals surface area contributed by atoms with Gasteiger partial charge in [0.2, 0.25) is 0 Å². The zero-order valence-electron chi connectivity index (χ0n) is 14.1. The highest BCUT2D eigenvalue weighted by atomic mass is 16.5. The van der Waals surface area contributed by atoms with Gasteiger partial charge in [0.1, 0.15) is 5.75 Å². The molecule has 25 heavy (non-hydrogen) atoms. The average Bonchev–Trinajstić information content (AvgIpc) is 3.02. The van der Waals surface area contributed by atoms with Gasteiger partial charge in [0.05, 0.1) is 24.6 Å². The quantitative estimate of drug-likeness (QED) is 0.573. The lowest BCUT2D eigenvalue weighted by molar-refractivity contribution is 0.0952. The van der Waals surface area contributed by atoms with E-state index in [-0.39, 0.29) is 5.91 Å². The van der Waals surface area contributed by atoms with Crippen LogP contribution in [0.5, 0.6) is 5.75 Å². The highest BCUT2D eigenvalue weighted by Crippen LogP contribution is 2.17. The Balaban J connectivity index is 1.79. The molecule has 0 atom stereocenters. The fourth-order valence-electron chi connectivity index (χ4n) is 2.64. The first kappa shape index (κ1) is 16.5. The summed E-state index contributed by atoms with van der Waals surface area (Å²) in [6, 6.07) is 21.0. The monoisotopic (exact) mass is 333 g/mol. The number of nitrogens with zero attached hydrogens (tertiary/aromatic N) is 2. The van der Waals surface area contributed by atoms with Crippen molar-refractivity contribution in [2.45, 2.75) is 6.92 Å². The number of carbonyl (C=O) groups is 1. The van der Waals surface area contributed by atoms with E-state index < -0.39 is 0 Å². The molecule has 0 saturated carbocycles. The van der Waals surface area contributed by atoms with Crippen molar-refractivity contribution in [3.05, 3.63) is 83.7 Å². The number of hydrogen-bond acceptors (Lipinski definition) is 3. The van der Waals surface area contributed by atoms with Gasteiger partial charge >= 0.3 is 0 Å². The van der Waals surface area contributed by atoms with Crippen molar-refractivity contribution < 1.29 is 9.53 Å². The third-order valence-corrected chi connectivity index (χ3v) is 3.84. The predicted octanol–water partition coefficient (Wildman–Crippen LogP) is 3.56. The maximum Gasteiger partial charge on any atom is 0.275 e. The van der Waals surface area contributed by atoms with Gasteiger partial charge < -0.3 is 9.30 Å². The topological polar surface area (TPSA) is 55.6 Å². The van der Waals surface area contributed by atoms with Crippen LogP contribution in [-0.4, -0.2) is 23.8 Å². The number of aryl methyl sites for hydroxylation is 1. The number of methoxy groups -OCH3 is 1. The third kappa shape index (κ3) is 3.61. The van der Waals surface area contributed by atoms with Crippen molar-refractivity contribution in [1.82, 2.24) is 9.99 Å². The Morgan fingerprint density at radius 2 is 1.76 bits per heavy atom. The van der Waals surface area contributed by atoms with Crippen LogP contribution in [0.25, 0.3) is 5.69 Å². The summed E-state index contributed by atoms with van der Waals surface area (Å²) in [5, 5.41) is 4.09. The molecular formula is C20H19N3O2. The van der Waals surface area contributed by atoms with Crippen LogP contribution >= 0.6 is 0 Å². The highest BCUT2D eigenvalue weighted by molar-refractivity contribution is 5.97. The van der Waals surface area contributed by atoms with Crippen LogP contribution in [0.4, 0.5) is 0 Å². The van der Waals surface area contributed by atoms with E-state index in [0.717, 1.165) is 17.1 Å². The number of carbonyl (C=O) groups excluding carboxylic acids is 1. The van der Waals surface area contributed by atoms with Crippen LogP contribution in [-0.2, 0) is 0 Å². The van der Waals surface area contributed by atoms with Crippen molar-refractivity contribution in [3.8, 4) is 11.4 Å². The maximum absolute atomic E-state index is 12.3. The summed E-state index contributed by atoms with van der Waals surface area (Å²) in [5.41, 5.74) is 6.00. The van der Waals surface area contributed by atoms with Crippen LogP contribution in [0.15, 0.2) is 71.8 Å². The first-order chi connectivity index (χ1) is 12.2. The van der Waals surface area contributed by atoms with Crippen molar-refractivity contribution in [3.63, 3.8) is 0 Å². The Labute approximate surface area is 146 Å². The number of aromatic nitrogens is 1. The van der Waals surface area contributed by atoms with Gasteiger partial charge in [-0.05, 0) is 43.3 Å². The summed E-state index contributed by atoms with van der Waals surface area (Å²) >= 11 is 0. The molecule has 3 aromatic rings. The fraction of sp³-hybridized carbons (Fsp3) is 0.100. The number of nitrogens with one attached hydrogen (secondary N) is 1. The molecule has 1 heterocycles. The second-order valence-corrected chi connectivity index (χ2v) is 5.47. The molecule has 0 fully saturated rings. The minimum absolute atomic E-state index is 0.316. The van der Waals surface area contributed by atoms with Gasteiger partial charge in [-0.15, -0.1) is 0 Å². The molecule has 0 spiro atoms. The van der Waals surface area contributed by atoms with E-state index in [1.165, 1.54) is 7.11 Å². The zero-order chi connectivity index (χ0) is 17.6. The number of amides is 1. The summed E-state index contributed by atoms with van der Waals surface area (Å²) < 4.78 is 7.26. The molecule has 0 radical (unpaired) electrons. The fourth-order valence-corrected chi connectivity index (χ4v) is 2.64. The first-order valence-corrected chi connectivity index (χ1v) is 7.91. The van der Waals surface area contributed by atoms with Gasteiger partial charge in [-0.2, -0.15) is 5.10 Å². The smallest absolute Gasteiger partial charge is 0.275 e. The molecule has 126 valence electrons. The summed E-state index contributed by atoms with van der Waals surface area (Å²) in [7, 11) is 1.53. The summed E-state index contributed by atoms with van der Waals surface area (Å²) in [6.07, 6.45) is 1.63. The SMILES string of the molecule is COc1ccccc1C(=O)N/N=C/c1ccc(C)n1-c1ccccc1. The Bertz CT molecular complexity index is 898. The Kier molecular flexibility index (Phi) is 4.95. The summed E-state index contributed by atoms with van der Waals surface area (Å²) in [4.78, 5) is 12.3. The van der Waals surface area contributed by atoms with Crippen molar-refractivity contribution in [1.29, 1.82) is 0 Å². The molecule has 0 unspecified atom stereocenters. The largest absolute Gasteiger partial charge is 0.496 e. The van der Waals surface area contributed by atoms with E-state index >= 15 is 0 Å².